The molecule has 1 heterocycles. The topological polar surface area (TPSA) is 37.4 Å². The van der Waals surface area contributed by atoms with Gasteiger partial charge in [0, 0.05) is 25.2 Å². The summed E-state index contributed by atoms with van der Waals surface area (Å²) in [4.78, 5) is 6.68. The van der Waals surface area contributed by atoms with E-state index in [9.17, 15) is 0 Å². The van der Waals surface area contributed by atoms with Crippen molar-refractivity contribution < 1.29 is 4.74 Å². The van der Waals surface area contributed by atoms with E-state index in [0.717, 1.165) is 29.2 Å². The molecule has 0 saturated carbocycles. The lowest BCUT2D eigenvalue weighted by Crippen LogP contribution is -2.18. The average molecular weight is 285 g/mol. The molecular formula is C17H23N3O. The summed E-state index contributed by atoms with van der Waals surface area (Å²) in [5.74, 6) is 0.915. The number of hydrogen-bond donors (Lipinski definition) is 1. The Morgan fingerprint density at radius 3 is 2.62 bits per heavy atom. The van der Waals surface area contributed by atoms with Crippen molar-refractivity contribution in [3.05, 3.63) is 53.9 Å². The Hall–Kier alpha value is -2.07. The van der Waals surface area contributed by atoms with Crippen LogP contribution in [0.25, 0.3) is 0 Å². The molecule has 0 amide bonds. The number of para-hydroxylation sites is 1. The van der Waals surface area contributed by atoms with E-state index >= 15 is 0 Å². The maximum atomic E-state index is 5.40. The Kier molecular flexibility index (Phi) is 5.17. The number of anilines is 1. The molecule has 1 aromatic carbocycles. The van der Waals surface area contributed by atoms with Gasteiger partial charge in [0.05, 0.1) is 24.7 Å². The lowest BCUT2D eigenvalue weighted by Gasteiger charge is -2.21. The minimum absolute atomic E-state index is 0.263. The molecule has 0 aliphatic rings. The molecule has 1 aromatic heterocycles. The van der Waals surface area contributed by atoms with Crippen LogP contribution in [0.5, 0.6) is 5.75 Å². The van der Waals surface area contributed by atoms with Gasteiger partial charge in [-0.3, -0.25) is 4.98 Å². The van der Waals surface area contributed by atoms with E-state index in [4.69, 9.17) is 4.74 Å². The molecule has 0 fully saturated rings. The van der Waals surface area contributed by atoms with Crippen molar-refractivity contribution >= 4 is 5.69 Å². The third-order valence-corrected chi connectivity index (χ3v) is 3.69. The van der Waals surface area contributed by atoms with Crippen LogP contribution in [0.1, 0.15) is 24.2 Å². The van der Waals surface area contributed by atoms with Gasteiger partial charge in [0.25, 0.3) is 0 Å². The molecule has 4 nitrogen and oxygen atoms in total. The zero-order valence-corrected chi connectivity index (χ0v) is 13.1. The van der Waals surface area contributed by atoms with Crippen molar-refractivity contribution in [1.82, 2.24) is 10.3 Å². The maximum Gasteiger partial charge on any atom is 0.123 e. The zero-order valence-electron chi connectivity index (χ0n) is 13.1. The number of aromatic nitrogens is 1. The Labute approximate surface area is 126 Å². The van der Waals surface area contributed by atoms with Crippen molar-refractivity contribution in [3.8, 4) is 5.75 Å². The summed E-state index contributed by atoms with van der Waals surface area (Å²) in [6.45, 7) is 2.88. The van der Waals surface area contributed by atoms with Crippen molar-refractivity contribution in [2.45, 2.75) is 19.5 Å². The minimum atomic E-state index is 0.263. The van der Waals surface area contributed by atoms with Gasteiger partial charge in [-0.1, -0.05) is 18.2 Å². The van der Waals surface area contributed by atoms with Gasteiger partial charge in [-0.25, -0.2) is 0 Å². The van der Waals surface area contributed by atoms with Crippen LogP contribution in [0, 0.1) is 0 Å². The van der Waals surface area contributed by atoms with E-state index in [1.165, 1.54) is 0 Å². The molecular weight excluding hydrogens is 262 g/mol. The summed E-state index contributed by atoms with van der Waals surface area (Å²) in [6.07, 6.45) is 1.92. The van der Waals surface area contributed by atoms with Gasteiger partial charge >= 0.3 is 0 Å². The van der Waals surface area contributed by atoms with Crippen LogP contribution in [0.2, 0.25) is 0 Å². The van der Waals surface area contributed by atoms with Crippen molar-refractivity contribution in [1.29, 1.82) is 0 Å². The summed E-state index contributed by atoms with van der Waals surface area (Å²) in [7, 11) is 5.70. The highest BCUT2D eigenvalue weighted by Crippen LogP contribution is 2.22. The second-order valence-corrected chi connectivity index (χ2v) is 5.12. The number of methoxy groups -OCH3 is 1. The Bertz CT molecular complexity index is 569. The molecule has 2 aromatic rings. The second-order valence-electron chi connectivity index (χ2n) is 5.12. The zero-order chi connectivity index (χ0) is 15.2. The van der Waals surface area contributed by atoms with Gasteiger partial charge in [0.1, 0.15) is 5.75 Å². The number of benzene rings is 1. The molecule has 2 rings (SSSR count). The first-order valence-electron chi connectivity index (χ1n) is 7.12. The van der Waals surface area contributed by atoms with Crippen LogP contribution in [-0.4, -0.2) is 26.2 Å². The number of rotatable bonds is 6. The fraction of sp³-hybridized carbons (Fsp3) is 0.353. The smallest absolute Gasteiger partial charge is 0.123 e. The van der Waals surface area contributed by atoms with Crippen LogP contribution < -0.4 is 15.0 Å². The van der Waals surface area contributed by atoms with Crippen LogP contribution in [-0.2, 0) is 6.54 Å². The molecule has 0 aliphatic carbocycles. The molecule has 0 bridgehead atoms. The van der Waals surface area contributed by atoms with Crippen LogP contribution in [0.15, 0.2) is 42.6 Å². The van der Waals surface area contributed by atoms with Crippen LogP contribution in [0.3, 0.4) is 0 Å². The van der Waals surface area contributed by atoms with Crippen LogP contribution >= 0.6 is 0 Å². The van der Waals surface area contributed by atoms with E-state index in [2.05, 4.69) is 47.4 Å². The molecule has 4 heteroatoms. The van der Waals surface area contributed by atoms with Gasteiger partial charge < -0.3 is 15.0 Å². The summed E-state index contributed by atoms with van der Waals surface area (Å²) in [5, 5.41) is 3.19. The second kappa shape index (κ2) is 7.09. The highest BCUT2D eigenvalue weighted by atomic mass is 16.5. The molecule has 1 atom stereocenters. The molecule has 21 heavy (non-hydrogen) atoms. The lowest BCUT2D eigenvalue weighted by molar-refractivity contribution is 0.409. The molecule has 0 saturated heterocycles. The molecule has 0 aliphatic heterocycles. The molecule has 0 spiro atoms. The van der Waals surface area contributed by atoms with Gasteiger partial charge in [-0.05, 0) is 32.2 Å². The number of nitrogens with one attached hydrogen (secondary N) is 1. The summed E-state index contributed by atoms with van der Waals surface area (Å²) < 4.78 is 5.40. The standard InChI is InChI=1S/C17H23N3O/c1-13(18-2)16-10-9-15(11-19-16)20(3)12-14-7-5-6-8-17(14)21-4/h5-11,13,18H,12H2,1-4H3. The van der Waals surface area contributed by atoms with E-state index in [1.807, 2.05) is 31.4 Å². The Morgan fingerprint density at radius 1 is 1.24 bits per heavy atom. The maximum absolute atomic E-state index is 5.40. The van der Waals surface area contributed by atoms with Gasteiger partial charge in [-0.2, -0.15) is 0 Å². The third kappa shape index (κ3) is 3.73. The number of pyridine rings is 1. The highest BCUT2D eigenvalue weighted by molar-refractivity contribution is 5.46. The first-order valence-corrected chi connectivity index (χ1v) is 7.12. The predicted octanol–water partition coefficient (Wildman–Crippen LogP) is 3.01. The van der Waals surface area contributed by atoms with Crippen molar-refractivity contribution in [2.75, 3.05) is 26.1 Å². The number of hydrogen-bond acceptors (Lipinski definition) is 4. The Morgan fingerprint density at radius 2 is 2.00 bits per heavy atom. The summed E-state index contributed by atoms with van der Waals surface area (Å²) >= 11 is 0. The number of nitrogens with zero attached hydrogens (tertiary/aromatic N) is 2. The molecule has 1 N–H and O–H groups in total. The van der Waals surface area contributed by atoms with E-state index in [-0.39, 0.29) is 6.04 Å². The average Bonchev–Trinajstić information content (AvgIpc) is 2.54. The van der Waals surface area contributed by atoms with Gasteiger partial charge in [0.15, 0.2) is 0 Å². The SMILES string of the molecule is CNC(C)c1ccc(N(C)Cc2ccccc2OC)cn1. The third-order valence-electron chi connectivity index (χ3n) is 3.69. The molecule has 1 unspecified atom stereocenters. The molecule has 0 radical (unpaired) electrons. The van der Waals surface area contributed by atoms with E-state index in [1.54, 1.807) is 7.11 Å². The number of ether oxygens (including phenoxy) is 1. The fourth-order valence-electron chi connectivity index (χ4n) is 2.21. The largest absolute Gasteiger partial charge is 0.496 e. The fourth-order valence-corrected chi connectivity index (χ4v) is 2.21. The van der Waals surface area contributed by atoms with Crippen LogP contribution in [0.4, 0.5) is 5.69 Å². The van der Waals surface area contributed by atoms with Crippen molar-refractivity contribution in [3.63, 3.8) is 0 Å². The monoisotopic (exact) mass is 285 g/mol. The minimum Gasteiger partial charge on any atom is -0.496 e. The predicted molar refractivity (Wildman–Crippen MR) is 86.8 cm³/mol. The summed E-state index contributed by atoms with van der Waals surface area (Å²) in [6, 6.07) is 12.5. The Balaban J connectivity index is 2.11. The first kappa shape index (κ1) is 15.3. The van der Waals surface area contributed by atoms with Crippen molar-refractivity contribution in [2.24, 2.45) is 0 Å². The van der Waals surface area contributed by atoms with E-state index < -0.39 is 0 Å². The normalized spacial score (nSPS) is 12.0. The highest BCUT2D eigenvalue weighted by Gasteiger charge is 2.08. The quantitative estimate of drug-likeness (QED) is 0.885. The van der Waals surface area contributed by atoms with Gasteiger partial charge in [0.2, 0.25) is 0 Å². The van der Waals surface area contributed by atoms with Gasteiger partial charge in [-0.15, -0.1) is 0 Å². The molecule has 112 valence electrons. The first-order chi connectivity index (χ1) is 10.2. The lowest BCUT2D eigenvalue weighted by atomic mass is 10.1. The van der Waals surface area contributed by atoms with E-state index in [0.29, 0.717) is 0 Å². The summed E-state index contributed by atoms with van der Waals surface area (Å²) in [5.41, 5.74) is 3.30.